The minimum absolute atomic E-state index is 0.0406. The van der Waals surface area contributed by atoms with Gasteiger partial charge in [-0.25, -0.2) is 0 Å². The third-order valence-electron chi connectivity index (χ3n) is 2.17. The average Bonchev–Trinajstić information content (AvgIpc) is 2.44. The lowest BCUT2D eigenvalue weighted by molar-refractivity contribution is 0.809. The van der Waals surface area contributed by atoms with Crippen LogP contribution in [0.5, 0.6) is 0 Å². The maximum Gasteiger partial charge on any atom is 0.277 e. The van der Waals surface area contributed by atoms with Crippen molar-refractivity contribution in [2.75, 3.05) is 0 Å². The van der Waals surface area contributed by atoms with Crippen LogP contribution in [0.1, 0.15) is 11.1 Å². The summed E-state index contributed by atoms with van der Waals surface area (Å²) in [7, 11) is 1.91. The lowest BCUT2D eigenvalue weighted by Crippen LogP contribution is -2.19. The Hall–Kier alpha value is -1.58. The summed E-state index contributed by atoms with van der Waals surface area (Å²) in [5.41, 5.74) is 2.54. The van der Waals surface area contributed by atoms with Gasteiger partial charge in [0.1, 0.15) is 5.65 Å². The molecule has 0 aromatic carbocycles. The van der Waals surface area contributed by atoms with Crippen molar-refractivity contribution in [1.82, 2.24) is 14.2 Å². The zero-order valence-electron chi connectivity index (χ0n) is 7.90. The normalized spacial score (nSPS) is 11.0. The number of hydrogen-bond donors (Lipinski definition) is 0. The zero-order valence-corrected chi connectivity index (χ0v) is 7.90. The Morgan fingerprint density at radius 3 is 2.69 bits per heavy atom. The molecule has 0 fully saturated rings. The minimum Gasteiger partial charge on any atom is -0.335 e. The van der Waals surface area contributed by atoms with E-state index in [1.165, 1.54) is 4.52 Å². The maximum absolute atomic E-state index is 11.6. The van der Waals surface area contributed by atoms with Crippen molar-refractivity contribution in [3.8, 4) is 0 Å². The lowest BCUT2D eigenvalue weighted by atomic mass is 10.3. The van der Waals surface area contributed by atoms with Gasteiger partial charge < -0.3 is 4.57 Å². The third kappa shape index (κ3) is 0.983. The van der Waals surface area contributed by atoms with Crippen LogP contribution in [0, 0.1) is 13.8 Å². The quantitative estimate of drug-likeness (QED) is 0.592. The molecule has 0 bridgehead atoms. The first-order valence-electron chi connectivity index (χ1n) is 4.12. The second-order valence-electron chi connectivity index (χ2n) is 3.29. The predicted molar refractivity (Wildman–Crippen MR) is 49.9 cm³/mol. The largest absolute Gasteiger partial charge is 0.335 e. The van der Waals surface area contributed by atoms with E-state index < -0.39 is 0 Å². The average molecular weight is 177 g/mol. The van der Waals surface area contributed by atoms with Crippen LogP contribution in [0.4, 0.5) is 0 Å². The highest BCUT2D eigenvalue weighted by atomic mass is 16.1. The van der Waals surface area contributed by atoms with E-state index in [0.29, 0.717) is 5.56 Å². The van der Waals surface area contributed by atoms with Crippen molar-refractivity contribution in [2.24, 2.45) is 7.05 Å². The van der Waals surface area contributed by atoms with Crippen LogP contribution < -0.4 is 5.56 Å². The molecule has 0 aliphatic heterocycles. The van der Waals surface area contributed by atoms with E-state index in [1.807, 2.05) is 24.7 Å². The van der Waals surface area contributed by atoms with Gasteiger partial charge >= 0.3 is 0 Å². The molecule has 4 nitrogen and oxygen atoms in total. The van der Waals surface area contributed by atoms with Crippen LogP contribution in [0.25, 0.3) is 5.65 Å². The third-order valence-corrected chi connectivity index (χ3v) is 2.17. The summed E-state index contributed by atoms with van der Waals surface area (Å²) < 4.78 is 3.35. The Morgan fingerprint density at radius 1 is 1.31 bits per heavy atom. The number of fused-ring (bicyclic) bond motifs is 1. The van der Waals surface area contributed by atoms with Crippen LogP contribution >= 0.6 is 0 Å². The van der Waals surface area contributed by atoms with E-state index in [-0.39, 0.29) is 5.56 Å². The number of rotatable bonds is 0. The van der Waals surface area contributed by atoms with Crippen LogP contribution in [-0.2, 0) is 7.05 Å². The van der Waals surface area contributed by atoms with Crippen LogP contribution in [0.15, 0.2) is 17.2 Å². The molecule has 0 aliphatic carbocycles. The molecule has 0 radical (unpaired) electrons. The highest BCUT2D eigenvalue weighted by Gasteiger charge is 2.06. The molecule has 0 N–H and O–H groups in total. The molecule has 0 atom stereocenters. The van der Waals surface area contributed by atoms with E-state index in [2.05, 4.69) is 5.10 Å². The van der Waals surface area contributed by atoms with Crippen molar-refractivity contribution >= 4 is 5.65 Å². The Labute approximate surface area is 75.4 Å². The smallest absolute Gasteiger partial charge is 0.277 e. The summed E-state index contributed by atoms with van der Waals surface area (Å²) in [6.45, 7) is 3.73. The number of hydrogen-bond acceptors (Lipinski definition) is 2. The Morgan fingerprint density at radius 2 is 2.00 bits per heavy atom. The minimum atomic E-state index is -0.0406. The number of aryl methyl sites for hydroxylation is 3. The maximum atomic E-state index is 11.6. The predicted octanol–water partition coefficient (Wildman–Crippen LogP) is 0.650. The first-order valence-corrected chi connectivity index (χ1v) is 4.12. The molecule has 4 heteroatoms. The van der Waals surface area contributed by atoms with Gasteiger partial charge in [0.2, 0.25) is 0 Å². The van der Waals surface area contributed by atoms with E-state index >= 15 is 0 Å². The van der Waals surface area contributed by atoms with Gasteiger partial charge in [0, 0.05) is 24.4 Å². The molecule has 2 aromatic rings. The molecule has 0 saturated heterocycles. The van der Waals surface area contributed by atoms with Crippen molar-refractivity contribution in [3.63, 3.8) is 0 Å². The standard InChI is InChI=1S/C9H11N3O/c1-6-4-10-12-8(6)11(3)5-7(2)9(12)13/h4-5H,1-3H3. The second kappa shape index (κ2) is 2.45. The monoisotopic (exact) mass is 177 g/mol. The molecular formula is C9H11N3O. The van der Waals surface area contributed by atoms with E-state index in [0.717, 1.165) is 11.2 Å². The topological polar surface area (TPSA) is 39.3 Å². The van der Waals surface area contributed by atoms with Crippen molar-refractivity contribution in [2.45, 2.75) is 13.8 Å². The molecule has 0 spiro atoms. The van der Waals surface area contributed by atoms with Gasteiger partial charge in [0.25, 0.3) is 5.56 Å². The first kappa shape index (κ1) is 8.04. The van der Waals surface area contributed by atoms with Gasteiger partial charge in [-0.1, -0.05) is 0 Å². The number of nitrogens with zero attached hydrogens (tertiary/aromatic N) is 3. The van der Waals surface area contributed by atoms with Gasteiger partial charge in [0.05, 0.1) is 6.20 Å². The molecule has 0 amide bonds. The molecule has 2 heterocycles. The van der Waals surface area contributed by atoms with Crippen molar-refractivity contribution < 1.29 is 0 Å². The SMILES string of the molecule is Cc1cn(C)c2c(C)cnn2c1=O. The van der Waals surface area contributed by atoms with E-state index in [4.69, 9.17) is 0 Å². The summed E-state index contributed by atoms with van der Waals surface area (Å²) in [5.74, 6) is 0. The van der Waals surface area contributed by atoms with Gasteiger partial charge in [-0.2, -0.15) is 9.61 Å². The number of aromatic nitrogens is 3. The van der Waals surface area contributed by atoms with Crippen molar-refractivity contribution in [1.29, 1.82) is 0 Å². The summed E-state index contributed by atoms with van der Waals surface area (Å²) in [4.78, 5) is 11.6. The fraction of sp³-hybridized carbons (Fsp3) is 0.333. The first-order chi connectivity index (χ1) is 6.11. The summed E-state index contributed by atoms with van der Waals surface area (Å²) in [6.07, 6.45) is 3.53. The van der Waals surface area contributed by atoms with Crippen LogP contribution in [0.2, 0.25) is 0 Å². The molecular weight excluding hydrogens is 166 g/mol. The molecule has 2 aromatic heterocycles. The highest BCUT2D eigenvalue weighted by Crippen LogP contribution is 2.05. The molecule has 0 aliphatic rings. The highest BCUT2D eigenvalue weighted by molar-refractivity contribution is 5.46. The molecule has 2 rings (SSSR count). The molecule has 68 valence electrons. The zero-order chi connectivity index (χ0) is 9.59. The Balaban J connectivity index is 3.08. The van der Waals surface area contributed by atoms with Gasteiger partial charge in [-0.05, 0) is 13.8 Å². The summed E-state index contributed by atoms with van der Waals surface area (Å²) in [5, 5.41) is 4.02. The summed E-state index contributed by atoms with van der Waals surface area (Å²) in [6, 6.07) is 0. The second-order valence-corrected chi connectivity index (χ2v) is 3.29. The van der Waals surface area contributed by atoms with E-state index in [1.54, 1.807) is 13.1 Å². The van der Waals surface area contributed by atoms with Crippen molar-refractivity contribution in [3.05, 3.63) is 33.9 Å². The van der Waals surface area contributed by atoms with Crippen LogP contribution in [0.3, 0.4) is 0 Å². The fourth-order valence-corrected chi connectivity index (χ4v) is 1.57. The molecule has 13 heavy (non-hydrogen) atoms. The summed E-state index contributed by atoms with van der Waals surface area (Å²) >= 11 is 0. The lowest BCUT2D eigenvalue weighted by Gasteiger charge is -2.03. The fourth-order valence-electron chi connectivity index (χ4n) is 1.57. The molecule has 0 unspecified atom stereocenters. The Bertz CT molecular complexity index is 521. The molecule has 0 saturated carbocycles. The van der Waals surface area contributed by atoms with Gasteiger partial charge in [-0.15, -0.1) is 0 Å². The Kier molecular flexibility index (Phi) is 1.52. The van der Waals surface area contributed by atoms with Crippen LogP contribution in [-0.4, -0.2) is 14.2 Å². The van der Waals surface area contributed by atoms with Gasteiger partial charge in [-0.3, -0.25) is 4.79 Å². The van der Waals surface area contributed by atoms with Gasteiger partial charge in [0.15, 0.2) is 0 Å². The van der Waals surface area contributed by atoms with E-state index in [9.17, 15) is 4.79 Å².